The Labute approximate surface area is 189 Å². The van der Waals surface area contributed by atoms with E-state index in [9.17, 15) is 14.2 Å². The second-order valence-electron chi connectivity index (χ2n) is 7.30. The van der Waals surface area contributed by atoms with E-state index in [-0.39, 0.29) is 25.9 Å². The molecular weight excluding hydrogens is 431 g/mol. The molecule has 0 radical (unpaired) electrons. The number of aryl methyl sites for hydroxylation is 2. The Morgan fingerprint density at radius 3 is 2.28 bits per heavy atom. The third kappa shape index (κ3) is 8.02. The van der Waals surface area contributed by atoms with Crippen LogP contribution in [-0.4, -0.2) is 37.4 Å². The van der Waals surface area contributed by atoms with E-state index in [0.717, 1.165) is 16.7 Å². The van der Waals surface area contributed by atoms with Crippen molar-refractivity contribution in [2.45, 2.75) is 40.3 Å². The predicted octanol–water partition coefficient (Wildman–Crippen LogP) is 4.34. The van der Waals surface area contributed by atoms with Crippen LogP contribution >= 0.6 is 7.52 Å². The summed E-state index contributed by atoms with van der Waals surface area (Å²) < 4.78 is 29.7. The van der Waals surface area contributed by atoms with Gasteiger partial charge in [-0.15, -0.1) is 0 Å². The highest BCUT2D eigenvalue weighted by Gasteiger charge is 2.31. The number of esters is 1. The normalized spacial score (nSPS) is 13.5. The molecule has 2 atom stereocenters. The standard InChI is InChI=1S/C23H31N2O6P/c1-5-29-22(26)19(4)25-32(28,31-21-17(2)10-9-11-18(21)3)15-14-24-23(27)30-16-20-12-7-6-8-13-20/h6-13,19H,5,14-16H2,1-4H3,(H,24,27)(H,25,28)/t19-,32?/m0/s1. The van der Waals surface area contributed by atoms with Crippen LogP contribution in [0.5, 0.6) is 5.75 Å². The Kier molecular flexibility index (Phi) is 9.75. The van der Waals surface area contributed by atoms with Gasteiger partial charge in [-0.25, -0.2) is 9.88 Å². The number of hydrogen-bond acceptors (Lipinski definition) is 6. The zero-order chi connectivity index (χ0) is 23.6. The number of carbonyl (C=O) groups is 2. The van der Waals surface area contributed by atoms with Gasteiger partial charge in [0.1, 0.15) is 18.4 Å². The average molecular weight is 462 g/mol. The molecule has 0 heterocycles. The molecule has 0 aliphatic heterocycles. The second-order valence-corrected chi connectivity index (χ2v) is 9.54. The summed E-state index contributed by atoms with van der Waals surface area (Å²) in [5.74, 6) is -0.0564. The topological polar surface area (TPSA) is 103 Å². The molecule has 0 saturated heterocycles. The van der Waals surface area contributed by atoms with E-state index in [2.05, 4.69) is 10.4 Å². The third-order valence-electron chi connectivity index (χ3n) is 4.57. The van der Waals surface area contributed by atoms with E-state index in [1.165, 1.54) is 0 Å². The Bertz CT molecular complexity index is 931. The molecule has 0 bridgehead atoms. The molecular formula is C23H31N2O6P. The van der Waals surface area contributed by atoms with Crippen LogP contribution in [0.1, 0.15) is 30.5 Å². The largest absolute Gasteiger partial charge is 0.465 e. The summed E-state index contributed by atoms with van der Waals surface area (Å²) in [6.45, 7) is 7.31. The quantitative estimate of drug-likeness (QED) is 0.378. The summed E-state index contributed by atoms with van der Waals surface area (Å²) in [5.41, 5.74) is 2.48. The van der Waals surface area contributed by atoms with Gasteiger partial charge >= 0.3 is 19.6 Å². The van der Waals surface area contributed by atoms with Gasteiger partial charge in [0.15, 0.2) is 0 Å². The van der Waals surface area contributed by atoms with E-state index >= 15 is 0 Å². The maximum absolute atomic E-state index is 13.6. The number of carbonyl (C=O) groups excluding carboxylic acids is 2. The van der Waals surface area contributed by atoms with Crippen molar-refractivity contribution in [3.8, 4) is 5.75 Å². The number of ether oxygens (including phenoxy) is 2. The maximum atomic E-state index is 13.6. The lowest BCUT2D eigenvalue weighted by Crippen LogP contribution is -2.37. The van der Waals surface area contributed by atoms with Gasteiger partial charge in [0.2, 0.25) is 0 Å². The first-order valence-electron chi connectivity index (χ1n) is 10.5. The minimum absolute atomic E-state index is 0.0262. The van der Waals surface area contributed by atoms with Crippen LogP contribution in [0.4, 0.5) is 4.79 Å². The molecule has 9 heteroatoms. The van der Waals surface area contributed by atoms with Crippen LogP contribution in [0.2, 0.25) is 0 Å². The van der Waals surface area contributed by atoms with Gasteiger partial charge in [-0.1, -0.05) is 48.5 Å². The Morgan fingerprint density at radius 1 is 1.00 bits per heavy atom. The summed E-state index contributed by atoms with van der Waals surface area (Å²) in [4.78, 5) is 24.1. The molecule has 0 aromatic heterocycles. The number of para-hydroxylation sites is 1. The van der Waals surface area contributed by atoms with Crippen LogP contribution in [0.25, 0.3) is 0 Å². The summed E-state index contributed by atoms with van der Waals surface area (Å²) in [6.07, 6.45) is -0.684. The van der Waals surface area contributed by atoms with Gasteiger partial charge in [-0.3, -0.25) is 9.36 Å². The Balaban J connectivity index is 2.02. The van der Waals surface area contributed by atoms with Gasteiger partial charge in [0.05, 0.1) is 12.8 Å². The van der Waals surface area contributed by atoms with E-state index in [1.807, 2.05) is 62.4 Å². The lowest BCUT2D eigenvalue weighted by atomic mass is 10.1. The van der Waals surface area contributed by atoms with Crippen molar-refractivity contribution >= 4 is 19.6 Å². The zero-order valence-corrected chi connectivity index (χ0v) is 19.8. The van der Waals surface area contributed by atoms with E-state index in [4.69, 9.17) is 14.0 Å². The second kappa shape index (κ2) is 12.3. The molecule has 0 spiro atoms. The zero-order valence-electron chi connectivity index (χ0n) is 18.9. The lowest BCUT2D eigenvalue weighted by Gasteiger charge is -2.25. The van der Waals surface area contributed by atoms with Crippen LogP contribution in [0, 0.1) is 13.8 Å². The minimum Gasteiger partial charge on any atom is -0.465 e. The van der Waals surface area contributed by atoms with Gasteiger partial charge in [0.25, 0.3) is 0 Å². The van der Waals surface area contributed by atoms with Crippen molar-refractivity contribution in [3.63, 3.8) is 0 Å². The fourth-order valence-electron chi connectivity index (χ4n) is 2.92. The van der Waals surface area contributed by atoms with Gasteiger partial charge < -0.3 is 19.3 Å². The number of amides is 1. The van der Waals surface area contributed by atoms with Crippen LogP contribution in [0.15, 0.2) is 48.5 Å². The van der Waals surface area contributed by atoms with E-state index in [0.29, 0.717) is 5.75 Å². The number of rotatable bonds is 11. The molecule has 0 aliphatic rings. The van der Waals surface area contributed by atoms with Crippen molar-refractivity contribution in [2.24, 2.45) is 0 Å². The fourth-order valence-corrected chi connectivity index (χ4v) is 4.88. The molecule has 2 N–H and O–H groups in total. The van der Waals surface area contributed by atoms with Gasteiger partial charge in [0, 0.05) is 6.54 Å². The summed E-state index contributed by atoms with van der Waals surface area (Å²) >= 11 is 0. The number of benzene rings is 2. The number of hydrogen-bond donors (Lipinski definition) is 2. The molecule has 0 fully saturated rings. The lowest BCUT2D eigenvalue weighted by molar-refractivity contribution is -0.144. The molecule has 32 heavy (non-hydrogen) atoms. The molecule has 1 amide bonds. The average Bonchev–Trinajstić information content (AvgIpc) is 2.76. The third-order valence-corrected chi connectivity index (χ3v) is 6.64. The molecule has 2 aromatic rings. The van der Waals surface area contributed by atoms with Crippen LogP contribution < -0.4 is 14.9 Å². The van der Waals surface area contributed by atoms with Crippen LogP contribution in [0.3, 0.4) is 0 Å². The van der Waals surface area contributed by atoms with Crippen molar-refractivity contribution in [2.75, 3.05) is 19.3 Å². The molecule has 2 rings (SSSR count). The smallest absolute Gasteiger partial charge is 0.407 e. The SMILES string of the molecule is CCOC(=O)[C@H](C)NP(=O)(CCNC(=O)OCc1ccccc1)Oc1c(C)cccc1C. The van der Waals surface area contributed by atoms with Crippen molar-refractivity contribution in [1.29, 1.82) is 0 Å². The molecule has 0 saturated carbocycles. The number of alkyl carbamates (subject to hydrolysis) is 1. The molecule has 8 nitrogen and oxygen atoms in total. The molecule has 1 unspecified atom stereocenters. The maximum Gasteiger partial charge on any atom is 0.407 e. The van der Waals surface area contributed by atoms with Crippen molar-refractivity contribution in [3.05, 3.63) is 65.2 Å². The summed E-state index contributed by atoms with van der Waals surface area (Å²) in [7, 11) is -3.58. The molecule has 174 valence electrons. The fraction of sp³-hybridized carbons (Fsp3) is 0.391. The summed E-state index contributed by atoms with van der Waals surface area (Å²) in [6, 6.07) is 14.0. The first-order chi connectivity index (χ1) is 15.2. The molecule has 2 aromatic carbocycles. The highest BCUT2D eigenvalue weighted by molar-refractivity contribution is 7.57. The van der Waals surface area contributed by atoms with Gasteiger partial charge in [-0.2, -0.15) is 0 Å². The van der Waals surface area contributed by atoms with Crippen LogP contribution in [-0.2, 0) is 25.4 Å². The summed E-state index contributed by atoms with van der Waals surface area (Å²) in [5, 5.41) is 5.36. The predicted molar refractivity (Wildman–Crippen MR) is 123 cm³/mol. The van der Waals surface area contributed by atoms with E-state index < -0.39 is 25.6 Å². The molecule has 0 aliphatic carbocycles. The highest BCUT2D eigenvalue weighted by atomic mass is 31.2. The first-order valence-corrected chi connectivity index (χ1v) is 12.3. The minimum atomic E-state index is -3.58. The van der Waals surface area contributed by atoms with Crippen molar-refractivity contribution < 1.29 is 28.2 Å². The van der Waals surface area contributed by atoms with E-state index in [1.54, 1.807) is 13.8 Å². The monoisotopic (exact) mass is 462 g/mol. The highest BCUT2D eigenvalue weighted by Crippen LogP contribution is 2.45. The van der Waals surface area contributed by atoms with Crippen molar-refractivity contribution in [1.82, 2.24) is 10.4 Å². The number of nitrogens with one attached hydrogen (secondary N) is 2. The van der Waals surface area contributed by atoms with Gasteiger partial charge in [-0.05, 0) is 44.4 Å². The Morgan fingerprint density at radius 2 is 1.66 bits per heavy atom. The Hall–Kier alpha value is -2.83. The first kappa shape index (κ1) is 25.4.